The maximum absolute atomic E-state index is 12.1. The fourth-order valence-corrected chi connectivity index (χ4v) is 2.09. The predicted molar refractivity (Wildman–Crippen MR) is 53.7 cm³/mol. The minimum atomic E-state index is -5.81. The molecule has 9 heteroatoms. The van der Waals surface area contributed by atoms with E-state index in [0.717, 1.165) is 0 Å². The summed E-state index contributed by atoms with van der Waals surface area (Å²) < 4.78 is 62.0. The smallest absolute Gasteiger partial charge is 0.478 e. The van der Waals surface area contributed by atoms with Crippen LogP contribution in [-0.2, 0) is 19.1 Å². The Hall–Kier alpha value is -1.25. The van der Waals surface area contributed by atoms with E-state index < -0.39 is 32.9 Å². The van der Waals surface area contributed by atoms with Gasteiger partial charge in [-0.25, -0.2) is 4.79 Å². The van der Waals surface area contributed by atoms with E-state index in [-0.39, 0.29) is 18.8 Å². The van der Waals surface area contributed by atoms with Crippen molar-refractivity contribution in [3.05, 3.63) is 11.3 Å². The average Bonchev–Trinajstić information content (AvgIpc) is 2.14. The van der Waals surface area contributed by atoms with Crippen LogP contribution in [0.2, 0.25) is 0 Å². The van der Waals surface area contributed by atoms with Crippen molar-refractivity contribution < 1.29 is 35.7 Å². The van der Waals surface area contributed by atoms with Gasteiger partial charge in [-0.15, -0.1) is 0 Å². The van der Waals surface area contributed by atoms with Gasteiger partial charge in [0.05, 0.1) is 5.57 Å². The molecule has 0 aromatic rings. The molecule has 0 heterocycles. The first-order valence-corrected chi connectivity index (χ1v) is 6.41. The molecule has 0 bridgehead atoms. The summed E-state index contributed by atoms with van der Waals surface area (Å²) in [6, 6.07) is 0. The van der Waals surface area contributed by atoms with Gasteiger partial charge >= 0.3 is 21.6 Å². The number of carbonyl (C=O) groups is 1. The summed E-state index contributed by atoms with van der Waals surface area (Å²) in [6.07, 6.45) is 0.302. The number of alkyl halides is 3. The van der Waals surface area contributed by atoms with Crippen LogP contribution in [0.25, 0.3) is 0 Å². The lowest BCUT2D eigenvalue weighted by Gasteiger charge is -2.22. The van der Waals surface area contributed by atoms with Crippen molar-refractivity contribution in [3.8, 4) is 0 Å². The molecule has 0 fully saturated rings. The minimum Gasteiger partial charge on any atom is -0.478 e. The lowest BCUT2D eigenvalue weighted by molar-refractivity contribution is -0.133. The third kappa shape index (κ3) is 3.15. The Morgan fingerprint density at radius 1 is 1.44 bits per heavy atom. The number of aliphatic carboxylic acids is 1. The number of rotatable bonds is 3. The Bertz CT molecular complexity index is 477. The molecule has 1 aliphatic carbocycles. The van der Waals surface area contributed by atoms with Crippen LogP contribution in [0.15, 0.2) is 11.3 Å². The second-order valence-electron chi connectivity index (χ2n) is 4.04. The van der Waals surface area contributed by atoms with E-state index >= 15 is 0 Å². The second-order valence-corrected chi connectivity index (χ2v) is 5.58. The summed E-state index contributed by atoms with van der Waals surface area (Å²) in [6.45, 7) is 1.67. The van der Waals surface area contributed by atoms with Crippen molar-refractivity contribution in [2.45, 2.75) is 31.7 Å². The largest absolute Gasteiger partial charge is 0.534 e. The second kappa shape index (κ2) is 4.79. The lowest BCUT2D eigenvalue weighted by Crippen LogP contribution is -2.27. The van der Waals surface area contributed by atoms with Gasteiger partial charge in [0, 0.05) is 6.42 Å². The Kier molecular flexibility index (Phi) is 3.94. The Balaban J connectivity index is 3.09. The maximum atomic E-state index is 12.1. The molecule has 18 heavy (non-hydrogen) atoms. The van der Waals surface area contributed by atoms with Gasteiger partial charge in [-0.2, -0.15) is 21.6 Å². The highest BCUT2D eigenvalue weighted by Gasteiger charge is 2.49. The molecular weight excluding hydrogens is 277 g/mol. The fraction of sp³-hybridized carbons (Fsp3) is 0.667. The third-order valence-corrected chi connectivity index (χ3v) is 3.50. The normalized spacial score (nSPS) is 21.9. The summed E-state index contributed by atoms with van der Waals surface area (Å²) in [4.78, 5) is 10.8. The van der Waals surface area contributed by atoms with Gasteiger partial charge in [0.1, 0.15) is 5.76 Å². The van der Waals surface area contributed by atoms with Crippen LogP contribution >= 0.6 is 0 Å². The molecule has 1 atom stereocenters. The fourth-order valence-electron chi connectivity index (χ4n) is 1.56. The minimum absolute atomic E-state index is 0.0147. The quantitative estimate of drug-likeness (QED) is 0.634. The van der Waals surface area contributed by atoms with Crippen molar-refractivity contribution in [2.24, 2.45) is 5.92 Å². The zero-order valence-corrected chi connectivity index (χ0v) is 10.1. The van der Waals surface area contributed by atoms with Gasteiger partial charge < -0.3 is 9.29 Å². The summed E-state index contributed by atoms with van der Waals surface area (Å²) in [7, 11) is -5.81. The summed E-state index contributed by atoms with van der Waals surface area (Å²) >= 11 is 0. The van der Waals surface area contributed by atoms with Gasteiger partial charge in [-0.05, 0) is 18.8 Å². The van der Waals surface area contributed by atoms with E-state index in [1.165, 1.54) is 0 Å². The van der Waals surface area contributed by atoms with Crippen LogP contribution in [0.1, 0.15) is 26.2 Å². The zero-order chi connectivity index (χ0) is 14.1. The molecule has 5 nitrogen and oxygen atoms in total. The molecule has 0 saturated carbocycles. The van der Waals surface area contributed by atoms with Gasteiger partial charge in [0.15, 0.2) is 0 Å². The highest BCUT2D eigenvalue weighted by Crippen LogP contribution is 2.34. The molecule has 0 aromatic heterocycles. The molecule has 1 N–H and O–H groups in total. The van der Waals surface area contributed by atoms with Crippen molar-refractivity contribution in [1.29, 1.82) is 0 Å². The molecule has 0 amide bonds. The molecule has 0 spiro atoms. The molecule has 1 rings (SSSR count). The highest BCUT2D eigenvalue weighted by atomic mass is 32.2. The zero-order valence-electron chi connectivity index (χ0n) is 9.32. The molecule has 1 unspecified atom stereocenters. The predicted octanol–water partition coefficient (Wildman–Crippen LogP) is 2.01. The average molecular weight is 288 g/mol. The van der Waals surface area contributed by atoms with E-state index in [9.17, 15) is 26.4 Å². The summed E-state index contributed by atoms with van der Waals surface area (Å²) in [5.41, 5.74) is -5.98. The van der Waals surface area contributed by atoms with Crippen LogP contribution in [-0.4, -0.2) is 25.0 Å². The highest BCUT2D eigenvalue weighted by molar-refractivity contribution is 7.87. The van der Waals surface area contributed by atoms with Crippen LogP contribution < -0.4 is 0 Å². The first kappa shape index (κ1) is 14.8. The van der Waals surface area contributed by atoms with Crippen molar-refractivity contribution in [3.63, 3.8) is 0 Å². The topological polar surface area (TPSA) is 80.7 Å². The number of allylic oxidation sites excluding steroid dienone is 1. The Morgan fingerprint density at radius 3 is 2.44 bits per heavy atom. The van der Waals surface area contributed by atoms with Gasteiger partial charge in [0.25, 0.3) is 0 Å². The third-order valence-electron chi connectivity index (χ3n) is 2.51. The van der Waals surface area contributed by atoms with Crippen molar-refractivity contribution in [1.82, 2.24) is 0 Å². The molecular formula is C9H11F3O5S. The number of hydrogen-bond acceptors (Lipinski definition) is 4. The van der Waals surface area contributed by atoms with Gasteiger partial charge in [0.2, 0.25) is 0 Å². The molecule has 0 radical (unpaired) electrons. The van der Waals surface area contributed by atoms with Crippen LogP contribution in [0.5, 0.6) is 0 Å². The van der Waals surface area contributed by atoms with Crippen molar-refractivity contribution in [2.75, 3.05) is 0 Å². The van der Waals surface area contributed by atoms with E-state index in [1.807, 2.05) is 0 Å². The molecule has 0 aromatic carbocycles. The molecule has 0 saturated heterocycles. The van der Waals surface area contributed by atoms with Gasteiger partial charge in [-0.1, -0.05) is 6.92 Å². The standard InChI is InChI=1S/C9H11F3O5S/c1-5-2-3-6(8(13)14)7(4-5)17-18(15,16)9(10,11)12/h5H,2-4H2,1H3,(H,13,14). The van der Waals surface area contributed by atoms with E-state index in [2.05, 4.69) is 4.18 Å². The summed E-state index contributed by atoms with van der Waals surface area (Å²) in [5, 5.41) is 8.78. The lowest BCUT2D eigenvalue weighted by atomic mass is 9.90. The van der Waals surface area contributed by atoms with Crippen LogP contribution in [0.4, 0.5) is 13.2 Å². The van der Waals surface area contributed by atoms with Crippen LogP contribution in [0.3, 0.4) is 0 Å². The molecule has 1 aliphatic rings. The maximum Gasteiger partial charge on any atom is 0.534 e. The van der Waals surface area contributed by atoms with E-state index in [4.69, 9.17) is 5.11 Å². The molecule has 0 aliphatic heterocycles. The Labute approximate surface area is 101 Å². The van der Waals surface area contributed by atoms with E-state index in [0.29, 0.717) is 6.42 Å². The van der Waals surface area contributed by atoms with E-state index in [1.54, 1.807) is 6.92 Å². The number of halogens is 3. The van der Waals surface area contributed by atoms with Crippen LogP contribution in [0, 0.1) is 5.92 Å². The SMILES string of the molecule is CC1CCC(C(=O)O)=C(OS(=O)(=O)C(F)(F)F)C1. The number of carboxylic acid groups (broad SMARTS) is 1. The summed E-state index contributed by atoms with van der Waals surface area (Å²) in [5.74, 6) is -2.22. The first-order valence-electron chi connectivity index (χ1n) is 5.00. The van der Waals surface area contributed by atoms with Gasteiger partial charge in [-0.3, -0.25) is 0 Å². The number of hydrogen-bond donors (Lipinski definition) is 1. The first-order chi connectivity index (χ1) is 8.04. The Morgan fingerprint density at radius 2 is 2.00 bits per heavy atom. The number of carboxylic acids is 1. The van der Waals surface area contributed by atoms with Crippen molar-refractivity contribution >= 4 is 16.1 Å². The monoisotopic (exact) mass is 288 g/mol. The molecule has 104 valence electrons.